The third-order valence-electron chi connectivity index (χ3n) is 4.60. The number of hydrogen-bond donors (Lipinski definition) is 3. The van der Waals surface area contributed by atoms with Crippen LogP contribution in [-0.2, 0) is 17.9 Å². The van der Waals surface area contributed by atoms with Gasteiger partial charge < -0.3 is 15.1 Å². The number of nitrogens with one attached hydrogen (secondary N) is 3. The molecule has 0 radical (unpaired) electrons. The van der Waals surface area contributed by atoms with Crippen molar-refractivity contribution in [1.82, 2.24) is 15.1 Å². The number of carbonyl (C=O) groups is 2. The van der Waals surface area contributed by atoms with Crippen molar-refractivity contribution >= 4 is 28.3 Å². The Morgan fingerprint density at radius 1 is 0.968 bits per heavy atom. The molecule has 9 heteroatoms. The molecule has 4 aromatic rings. The predicted molar refractivity (Wildman–Crippen MR) is 114 cm³/mol. The van der Waals surface area contributed by atoms with Crippen molar-refractivity contribution in [2.45, 2.75) is 13.1 Å². The van der Waals surface area contributed by atoms with E-state index in [1.807, 2.05) is 0 Å². The number of anilines is 1. The Kier molecular flexibility index (Phi) is 5.48. The van der Waals surface area contributed by atoms with Gasteiger partial charge in [-0.05, 0) is 42.0 Å². The first-order chi connectivity index (χ1) is 15.0. The molecule has 0 aliphatic rings. The third kappa shape index (κ3) is 4.45. The number of furan rings is 1. The van der Waals surface area contributed by atoms with Crippen molar-refractivity contribution in [3.05, 3.63) is 99.0 Å². The van der Waals surface area contributed by atoms with E-state index in [0.717, 1.165) is 10.2 Å². The average molecular weight is 418 g/mol. The van der Waals surface area contributed by atoms with Crippen LogP contribution in [0.25, 0.3) is 10.8 Å². The van der Waals surface area contributed by atoms with Crippen molar-refractivity contribution < 1.29 is 14.0 Å². The molecule has 4 rings (SSSR count). The van der Waals surface area contributed by atoms with Crippen molar-refractivity contribution in [3.63, 3.8) is 0 Å². The van der Waals surface area contributed by atoms with E-state index in [9.17, 15) is 19.2 Å². The number of fused-ring (bicyclic) bond motifs is 1. The lowest BCUT2D eigenvalue weighted by molar-refractivity contribution is -0.122. The highest BCUT2D eigenvalue weighted by molar-refractivity contribution is 6.02. The van der Waals surface area contributed by atoms with Gasteiger partial charge in [-0.3, -0.25) is 24.3 Å². The van der Waals surface area contributed by atoms with Gasteiger partial charge in [0.1, 0.15) is 6.54 Å². The summed E-state index contributed by atoms with van der Waals surface area (Å²) < 4.78 is 6.04. The molecule has 0 atom stereocenters. The minimum absolute atomic E-state index is 0.176. The molecule has 31 heavy (non-hydrogen) atoms. The van der Waals surface area contributed by atoms with Crippen LogP contribution in [-0.4, -0.2) is 21.6 Å². The number of aromatic nitrogens is 2. The first-order valence-corrected chi connectivity index (χ1v) is 9.43. The molecule has 0 spiro atoms. The molecule has 0 fully saturated rings. The zero-order chi connectivity index (χ0) is 21.8. The molecule has 0 bridgehead atoms. The van der Waals surface area contributed by atoms with E-state index >= 15 is 0 Å². The SMILES string of the molecule is O=C(Cn1[nH]c(=O)c2ccccc2c1=O)NCc1cccc(NC(=O)c2ccco2)c1. The fourth-order valence-corrected chi connectivity index (χ4v) is 3.12. The number of benzene rings is 2. The van der Waals surface area contributed by atoms with Gasteiger partial charge in [0.15, 0.2) is 5.76 Å². The summed E-state index contributed by atoms with van der Waals surface area (Å²) in [6, 6.07) is 16.5. The molecule has 0 aliphatic heterocycles. The molecule has 2 aromatic heterocycles. The summed E-state index contributed by atoms with van der Waals surface area (Å²) in [5, 5.41) is 8.36. The molecular weight excluding hydrogens is 400 g/mol. The van der Waals surface area contributed by atoms with Crippen LogP contribution < -0.4 is 21.8 Å². The second kappa shape index (κ2) is 8.54. The van der Waals surface area contributed by atoms with Crippen LogP contribution in [0.5, 0.6) is 0 Å². The van der Waals surface area contributed by atoms with Crippen LogP contribution in [0.4, 0.5) is 5.69 Å². The fraction of sp³-hybridized carbons (Fsp3) is 0.0909. The Balaban J connectivity index is 1.41. The zero-order valence-corrected chi connectivity index (χ0v) is 16.3. The van der Waals surface area contributed by atoms with Crippen LogP contribution in [0.15, 0.2) is 80.9 Å². The molecule has 2 aromatic carbocycles. The fourth-order valence-electron chi connectivity index (χ4n) is 3.12. The average Bonchev–Trinajstić information content (AvgIpc) is 3.31. The smallest absolute Gasteiger partial charge is 0.291 e. The van der Waals surface area contributed by atoms with Crippen LogP contribution >= 0.6 is 0 Å². The molecule has 2 amide bonds. The summed E-state index contributed by atoms with van der Waals surface area (Å²) >= 11 is 0. The second-order valence-corrected chi connectivity index (χ2v) is 6.79. The summed E-state index contributed by atoms with van der Waals surface area (Å²) in [5.74, 6) is -0.641. The standard InChI is InChI=1S/C22H18N4O5/c27-19(13-26-22(30)17-8-2-1-7-16(17)20(28)25-26)23-12-14-5-3-6-15(11-14)24-21(29)18-9-4-10-31-18/h1-11H,12-13H2,(H,23,27)(H,24,29)(H,25,28). The summed E-state index contributed by atoms with van der Waals surface area (Å²) in [6.07, 6.45) is 1.41. The van der Waals surface area contributed by atoms with Gasteiger partial charge in [0.2, 0.25) is 5.91 Å². The molecule has 2 heterocycles. The molecule has 156 valence electrons. The van der Waals surface area contributed by atoms with Crippen LogP contribution in [0, 0.1) is 0 Å². The topological polar surface area (TPSA) is 126 Å². The van der Waals surface area contributed by atoms with Crippen molar-refractivity contribution in [3.8, 4) is 0 Å². The van der Waals surface area contributed by atoms with Crippen LogP contribution in [0.1, 0.15) is 16.1 Å². The number of aromatic amines is 1. The summed E-state index contributed by atoms with van der Waals surface area (Å²) in [4.78, 5) is 49.0. The Labute approximate surface area is 175 Å². The molecule has 0 unspecified atom stereocenters. The summed E-state index contributed by atoms with van der Waals surface area (Å²) in [6.45, 7) is -0.149. The quantitative estimate of drug-likeness (QED) is 0.441. The highest BCUT2D eigenvalue weighted by Gasteiger charge is 2.11. The Morgan fingerprint density at radius 3 is 2.55 bits per heavy atom. The number of amides is 2. The van der Waals surface area contributed by atoms with Gasteiger partial charge in [0.05, 0.1) is 17.0 Å². The monoisotopic (exact) mass is 418 g/mol. The highest BCUT2D eigenvalue weighted by Crippen LogP contribution is 2.12. The molecule has 9 nitrogen and oxygen atoms in total. The van der Waals surface area contributed by atoms with Crippen LogP contribution in [0.2, 0.25) is 0 Å². The molecule has 0 saturated heterocycles. The molecule has 0 saturated carbocycles. The highest BCUT2D eigenvalue weighted by atomic mass is 16.3. The van der Waals surface area contributed by atoms with E-state index in [1.165, 1.54) is 6.26 Å². The van der Waals surface area contributed by atoms with Gasteiger partial charge in [0, 0.05) is 12.2 Å². The van der Waals surface area contributed by atoms with Gasteiger partial charge in [0.25, 0.3) is 17.0 Å². The van der Waals surface area contributed by atoms with E-state index < -0.39 is 17.0 Å². The number of rotatable bonds is 6. The van der Waals surface area contributed by atoms with Crippen LogP contribution in [0.3, 0.4) is 0 Å². The minimum Gasteiger partial charge on any atom is -0.459 e. The number of hydrogen-bond acceptors (Lipinski definition) is 5. The number of carbonyl (C=O) groups excluding carboxylic acids is 2. The Morgan fingerprint density at radius 2 is 1.77 bits per heavy atom. The van der Waals surface area contributed by atoms with E-state index in [4.69, 9.17) is 4.42 Å². The Hall–Kier alpha value is -4.40. The minimum atomic E-state index is -0.451. The maximum atomic E-state index is 12.5. The second-order valence-electron chi connectivity index (χ2n) is 6.79. The largest absolute Gasteiger partial charge is 0.459 e. The zero-order valence-electron chi connectivity index (χ0n) is 16.3. The van der Waals surface area contributed by atoms with Crippen molar-refractivity contribution in [1.29, 1.82) is 0 Å². The lowest BCUT2D eigenvalue weighted by Gasteiger charge is -2.10. The number of H-pyrrole nitrogens is 1. The van der Waals surface area contributed by atoms with Gasteiger partial charge >= 0.3 is 0 Å². The van der Waals surface area contributed by atoms with Crippen molar-refractivity contribution in [2.75, 3.05) is 5.32 Å². The normalized spacial score (nSPS) is 10.7. The number of nitrogens with zero attached hydrogens (tertiary/aromatic N) is 1. The maximum absolute atomic E-state index is 12.5. The molecule has 0 aliphatic carbocycles. The van der Waals surface area contributed by atoms with Gasteiger partial charge in [-0.1, -0.05) is 24.3 Å². The first-order valence-electron chi connectivity index (χ1n) is 9.43. The predicted octanol–water partition coefficient (Wildman–Crippen LogP) is 1.85. The maximum Gasteiger partial charge on any atom is 0.291 e. The van der Waals surface area contributed by atoms with Gasteiger partial charge in [-0.25, -0.2) is 4.68 Å². The summed E-state index contributed by atoms with van der Waals surface area (Å²) in [7, 11) is 0. The van der Waals surface area contributed by atoms with E-state index in [2.05, 4.69) is 15.7 Å². The van der Waals surface area contributed by atoms with Gasteiger partial charge in [-0.15, -0.1) is 0 Å². The van der Waals surface area contributed by atoms with Crippen molar-refractivity contribution in [2.24, 2.45) is 0 Å². The third-order valence-corrected chi connectivity index (χ3v) is 4.60. The molecular formula is C22H18N4O5. The lowest BCUT2D eigenvalue weighted by Crippen LogP contribution is -2.36. The lowest BCUT2D eigenvalue weighted by atomic mass is 10.2. The van der Waals surface area contributed by atoms with Gasteiger partial charge in [-0.2, -0.15) is 0 Å². The first kappa shape index (κ1) is 19.9. The molecule has 3 N–H and O–H groups in total. The van der Waals surface area contributed by atoms with E-state index in [0.29, 0.717) is 5.69 Å². The Bertz CT molecular complexity index is 1370. The summed E-state index contributed by atoms with van der Waals surface area (Å²) in [5.41, 5.74) is 0.393. The van der Waals surface area contributed by atoms with E-state index in [1.54, 1.807) is 60.7 Å². The van der Waals surface area contributed by atoms with E-state index in [-0.39, 0.29) is 35.5 Å².